The van der Waals surface area contributed by atoms with Gasteiger partial charge in [0.1, 0.15) is 5.75 Å². The molecule has 110 valence electrons. The van der Waals surface area contributed by atoms with Gasteiger partial charge in [-0.3, -0.25) is 9.69 Å². The van der Waals surface area contributed by atoms with Crippen molar-refractivity contribution >= 4 is 5.97 Å². The average Bonchev–Trinajstić information content (AvgIpc) is 2.72. The number of hydrogen-bond donors (Lipinski definition) is 1. The summed E-state index contributed by atoms with van der Waals surface area (Å²) in [6, 6.07) is 6.60. The number of nitrogens with zero attached hydrogens (tertiary/aromatic N) is 1. The highest BCUT2D eigenvalue weighted by Crippen LogP contribution is 2.28. The third-order valence-corrected chi connectivity index (χ3v) is 3.59. The predicted molar refractivity (Wildman–Crippen MR) is 68.6 cm³/mol. The fourth-order valence-corrected chi connectivity index (χ4v) is 2.60. The van der Waals surface area contributed by atoms with Gasteiger partial charge >= 0.3 is 12.6 Å². The maximum atomic E-state index is 12.3. The minimum atomic E-state index is -2.86. The standard InChI is InChI=1S/C14H17F2NO3/c1-9-6-17(8-11(9)13(18)19)7-10-4-2-3-5-12(10)20-14(15)16/h2-5,9,11,14H,6-8H2,1H3,(H,18,19)/t9-,11-/m1/s1. The van der Waals surface area contributed by atoms with E-state index in [0.717, 1.165) is 0 Å². The highest BCUT2D eigenvalue weighted by molar-refractivity contribution is 5.71. The number of benzene rings is 1. The number of carboxylic acid groups (broad SMARTS) is 1. The van der Waals surface area contributed by atoms with E-state index < -0.39 is 18.5 Å². The lowest BCUT2D eigenvalue weighted by molar-refractivity contribution is -0.142. The fourth-order valence-electron chi connectivity index (χ4n) is 2.60. The fraction of sp³-hybridized carbons (Fsp3) is 0.500. The van der Waals surface area contributed by atoms with Gasteiger partial charge in [-0.2, -0.15) is 8.78 Å². The Kier molecular flexibility index (Phi) is 4.54. The molecule has 1 heterocycles. The molecule has 0 unspecified atom stereocenters. The van der Waals surface area contributed by atoms with E-state index in [0.29, 0.717) is 25.2 Å². The summed E-state index contributed by atoms with van der Waals surface area (Å²) in [7, 11) is 0. The summed E-state index contributed by atoms with van der Waals surface area (Å²) in [5, 5.41) is 9.09. The molecule has 1 fully saturated rings. The smallest absolute Gasteiger partial charge is 0.387 e. The van der Waals surface area contributed by atoms with E-state index in [9.17, 15) is 13.6 Å². The van der Waals surface area contributed by atoms with Crippen LogP contribution < -0.4 is 4.74 Å². The molecule has 20 heavy (non-hydrogen) atoms. The number of carboxylic acids is 1. The molecule has 1 saturated heterocycles. The molecule has 4 nitrogen and oxygen atoms in total. The van der Waals surface area contributed by atoms with Crippen LogP contribution in [0.2, 0.25) is 0 Å². The van der Waals surface area contributed by atoms with Crippen LogP contribution in [-0.4, -0.2) is 35.7 Å². The largest absolute Gasteiger partial charge is 0.481 e. The van der Waals surface area contributed by atoms with Crippen molar-refractivity contribution in [3.63, 3.8) is 0 Å². The van der Waals surface area contributed by atoms with Crippen molar-refractivity contribution in [3.05, 3.63) is 29.8 Å². The molecule has 2 rings (SSSR count). The van der Waals surface area contributed by atoms with Crippen LogP contribution in [0.4, 0.5) is 8.78 Å². The molecule has 0 aromatic heterocycles. The van der Waals surface area contributed by atoms with Crippen LogP contribution in [-0.2, 0) is 11.3 Å². The van der Waals surface area contributed by atoms with Crippen molar-refractivity contribution in [3.8, 4) is 5.75 Å². The van der Waals surface area contributed by atoms with E-state index in [2.05, 4.69) is 4.74 Å². The maximum absolute atomic E-state index is 12.3. The zero-order valence-corrected chi connectivity index (χ0v) is 11.1. The summed E-state index contributed by atoms with van der Waals surface area (Å²) in [6.45, 7) is 0.511. The number of aliphatic carboxylic acids is 1. The normalized spacial score (nSPS) is 23.2. The third kappa shape index (κ3) is 3.45. The van der Waals surface area contributed by atoms with Crippen molar-refractivity contribution in [2.75, 3.05) is 13.1 Å². The summed E-state index contributed by atoms with van der Waals surface area (Å²) in [6.07, 6.45) is 0. The molecule has 0 aliphatic carbocycles. The number of hydrogen-bond acceptors (Lipinski definition) is 3. The van der Waals surface area contributed by atoms with Gasteiger partial charge in [-0.25, -0.2) is 0 Å². The van der Waals surface area contributed by atoms with Crippen LogP contribution in [0.25, 0.3) is 0 Å². The minimum absolute atomic E-state index is 0.0516. The molecule has 1 aromatic carbocycles. The number of ether oxygens (including phenoxy) is 1. The Morgan fingerprint density at radius 1 is 1.45 bits per heavy atom. The Morgan fingerprint density at radius 2 is 2.15 bits per heavy atom. The number of carbonyl (C=O) groups is 1. The van der Waals surface area contributed by atoms with Crippen molar-refractivity contribution in [1.29, 1.82) is 0 Å². The van der Waals surface area contributed by atoms with Crippen molar-refractivity contribution < 1.29 is 23.4 Å². The number of rotatable bonds is 5. The Bertz CT molecular complexity index is 481. The molecular formula is C14H17F2NO3. The van der Waals surface area contributed by atoms with Gasteiger partial charge < -0.3 is 9.84 Å². The molecule has 2 atom stereocenters. The summed E-state index contributed by atoms with van der Waals surface area (Å²) in [5.74, 6) is -1.01. The molecule has 0 radical (unpaired) electrons. The Balaban J connectivity index is 2.06. The van der Waals surface area contributed by atoms with Crippen LogP contribution >= 0.6 is 0 Å². The SMILES string of the molecule is C[C@@H]1CN(Cc2ccccc2OC(F)F)C[C@H]1C(=O)O. The minimum Gasteiger partial charge on any atom is -0.481 e. The lowest BCUT2D eigenvalue weighted by Crippen LogP contribution is -2.23. The first-order chi connectivity index (χ1) is 9.47. The van der Waals surface area contributed by atoms with Crippen LogP contribution in [0.5, 0.6) is 5.75 Å². The highest BCUT2D eigenvalue weighted by Gasteiger charge is 2.34. The number of para-hydroxylation sites is 1. The van der Waals surface area contributed by atoms with Crippen LogP contribution in [0, 0.1) is 11.8 Å². The first kappa shape index (κ1) is 14.7. The van der Waals surface area contributed by atoms with Gasteiger partial charge in [0.25, 0.3) is 0 Å². The number of alkyl halides is 2. The zero-order chi connectivity index (χ0) is 14.7. The number of halogens is 2. The van der Waals surface area contributed by atoms with Gasteiger partial charge in [0.05, 0.1) is 5.92 Å². The molecule has 6 heteroatoms. The lowest BCUT2D eigenvalue weighted by Gasteiger charge is -2.18. The summed E-state index contributed by atoms with van der Waals surface area (Å²) in [4.78, 5) is 13.0. The lowest BCUT2D eigenvalue weighted by atomic mass is 9.99. The summed E-state index contributed by atoms with van der Waals surface area (Å²) in [5.41, 5.74) is 0.644. The molecule has 1 aliphatic heterocycles. The van der Waals surface area contributed by atoms with Crippen LogP contribution in [0.15, 0.2) is 24.3 Å². The second-order valence-electron chi connectivity index (χ2n) is 5.10. The molecule has 1 aromatic rings. The second-order valence-corrected chi connectivity index (χ2v) is 5.10. The van der Waals surface area contributed by atoms with Gasteiger partial charge in [-0.05, 0) is 12.0 Å². The molecule has 0 amide bonds. The quantitative estimate of drug-likeness (QED) is 0.902. The average molecular weight is 285 g/mol. The zero-order valence-electron chi connectivity index (χ0n) is 11.1. The molecule has 1 N–H and O–H groups in total. The molecule has 1 aliphatic rings. The Labute approximate surface area is 116 Å². The van der Waals surface area contributed by atoms with Gasteiger partial charge in [-0.15, -0.1) is 0 Å². The number of likely N-dealkylation sites (tertiary alicyclic amines) is 1. The molecule has 0 spiro atoms. The first-order valence-electron chi connectivity index (χ1n) is 6.45. The van der Waals surface area contributed by atoms with E-state index in [-0.39, 0.29) is 11.7 Å². The van der Waals surface area contributed by atoms with Gasteiger partial charge in [0, 0.05) is 25.2 Å². The van der Waals surface area contributed by atoms with E-state index in [1.165, 1.54) is 6.07 Å². The summed E-state index contributed by atoms with van der Waals surface area (Å²) >= 11 is 0. The van der Waals surface area contributed by atoms with Crippen LogP contribution in [0.1, 0.15) is 12.5 Å². The van der Waals surface area contributed by atoms with E-state index in [1.54, 1.807) is 18.2 Å². The van der Waals surface area contributed by atoms with Crippen molar-refractivity contribution in [2.45, 2.75) is 20.1 Å². The molecular weight excluding hydrogens is 268 g/mol. The van der Waals surface area contributed by atoms with Crippen molar-refractivity contribution in [1.82, 2.24) is 4.90 Å². The van der Waals surface area contributed by atoms with Gasteiger partial charge in [0.2, 0.25) is 0 Å². The van der Waals surface area contributed by atoms with E-state index >= 15 is 0 Å². The molecule has 0 bridgehead atoms. The predicted octanol–water partition coefficient (Wildman–Crippen LogP) is 2.44. The topological polar surface area (TPSA) is 49.8 Å². The van der Waals surface area contributed by atoms with Gasteiger partial charge in [0.15, 0.2) is 0 Å². The van der Waals surface area contributed by atoms with Crippen LogP contribution in [0.3, 0.4) is 0 Å². The third-order valence-electron chi connectivity index (χ3n) is 3.59. The monoisotopic (exact) mass is 285 g/mol. The van der Waals surface area contributed by atoms with Gasteiger partial charge in [-0.1, -0.05) is 25.1 Å². The Morgan fingerprint density at radius 3 is 2.75 bits per heavy atom. The second kappa shape index (κ2) is 6.17. The molecule has 0 saturated carbocycles. The Hall–Kier alpha value is -1.69. The highest BCUT2D eigenvalue weighted by atomic mass is 19.3. The van der Waals surface area contributed by atoms with Crippen molar-refractivity contribution in [2.24, 2.45) is 11.8 Å². The van der Waals surface area contributed by atoms with E-state index in [4.69, 9.17) is 5.11 Å². The van der Waals surface area contributed by atoms with E-state index in [1.807, 2.05) is 11.8 Å². The maximum Gasteiger partial charge on any atom is 0.387 e. The summed E-state index contributed by atoms with van der Waals surface area (Å²) < 4.78 is 29.1. The first-order valence-corrected chi connectivity index (χ1v) is 6.45.